The van der Waals surface area contributed by atoms with Crippen LogP contribution in [-0.4, -0.2) is 49.1 Å². The Kier molecular flexibility index (Phi) is 7.52. The Hall–Kier alpha value is -2.46. The van der Waals surface area contributed by atoms with Crippen LogP contribution in [-0.2, 0) is 24.4 Å². The molecular weight excluding hydrogens is 352 g/mol. The van der Waals surface area contributed by atoms with Crippen molar-refractivity contribution in [3.05, 3.63) is 29.8 Å². The van der Waals surface area contributed by atoms with Gasteiger partial charge in [-0.1, -0.05) is 17.7 Å². The zero-order chi connectivity index (χ0) is 19.0. The Bertz CT molecular complexity index is 729. The standard InChI is InChI=1S/C15H20N2O7S/c1-10-5-7-11(8-6-10)25(23,24)17-12(3-2-4-13(18)19)15(22)16-9-14(20)21/h5-8,12,17H,2-4,9H2,1H3,(H,16,22)(H,18,19)(H,20,21)/t12-/m1/s1. The topological polar surface area (TPSA) is 150 Å². The number of rotatable bonds is 10. The van der Waals surface area contributed by atoms with Crippen LogP contribution in [0.15, 0.2) is 29.2 Å². The third-order valence-electron chi connectivity index (χ3n) is 3.24. The van der Waals surface area contributed by atoms with Gasteiger partial charge in [-0.25, -0.2) is 8.42 Å². The lowest BCUT2D eigenvalue weighted by atomic mass is 10.1. The number of benzene rings is 1. The van der Waals surface area contributed by atoms with Crippen LogP contribution in [0.2, 0.25) is 0 Å². The van der Waals surface area contributed by atoms with E-state index in [9.17, 15) is 22.8 Å². The van der Waals surface area contributed by atoms with Gasteiger partial charge in [-0.15, -0.1) is 0 Å². The lowest BCUT2D eigenvalue weighted by molar-refractivity contribution is -0.138. The zero-order valence-electron chi connectivity index (χ0n) is 13.6. The van der Waals surface area contributed by atoms with Gasteiger partial charge in [0, 0.05) is 6.42 Å². The minimum atomic E-state index is -4.02. The number of carbonyl (C=O) groups is 3. The van der Waals surface area contributed by atoms with Crippen LogP contribution in [0.1, 0.15) is 24.8 Å². The van der Waals surface area contributed by atoms with E-state index in [1.54, 1.807) is 19.1 Å². The molecule has 0 heterocycles. The SMILES string of the molecule is Cc1ccc(S(=O)(=O)N[C@H](CCCC(=O)O)C(=O)NCC(=O)O)cc1. The summed E-state index contributed by atoms with van der Waals surface area (Å²) < 4.78 is 26.9. The largest absolute Gasteiger partial charge is 0.481 e. The van der Waals surface area contributed by atoms with Gasteiger partial charge in [0.1, 0.15) is 12.6 Å². The van der Waals surface area contributed by atoms with Gasteiger partial charge in [-0.2, -0.15) is 4.72 Å². The molecule has 1 aromatic rings. The van der Waals surface area contributed by atoms with E-state index in [0.717, 1.165) is 5.56 Å². The minimum absolute atomic E-state index is 0.0487. The number of carbonyl (C=O) groups excluding carboxylic acids is 1. The molecule has 0 spiro atoms. The molecule has 25 heavy (non-hydrogen) atoms. The lowest BCUT2D eigenvalue weighted by Crippen LogP contribution is -2.47. The number of carboxylic acids is 2. The zero-order valence-corrected chi connectivity index (χ0v) is 14.4. The maximum Gasteiger partial charge on any atom is 0.322 e. The Labute approximate surface area is 145 Å². The molecule has 0 aliphatic heterocycles. The number of aliphatic carboxylic acids is 2. The monoisotopic (exact) mass is 372 g/mol. The van der Waals surface area contributed by atoms with E-state index in [2.05, 4.69) is 10.0 Å². The summed E-state index contributed by atoms with van der Waals surface area (Å²) in [4.78, 5) is 33.1. The highest BCUT2D eigenvalue weighted by Crippen LogP contribution is 2.12. The Morgan fingerprint density at radius 3 is 2.20 bits per heavy atom. The number of amides is 1. The second kappa shape index (κ2) is 9.14. The molecule has 0 aliphatic rings. The highest BCUT2D eigenvalue weighted by Gasteiger charge is 2.26. The molecule has 0 fully saturated rings. The molecule has 0 unspecified atom stereocenters. The third-order valence-corrected chi connectivity index (χ3v) is 4.73. The molecule has 0 aliphatic carbocycles. The second-order valence-electron chi connectivity index (χ2n) is 5.38. The molecule has 1 atom stereocenters. The van der Waals surface area contributed by atoms with Gasteiger partial charge < -0.3 is 15.5 Å². The second-order valence-corrected chi connectivity index (χ2v) is 7.10. The number of hydrogen-bond donors (Lipinski definition) is 4. The smallest absolute Gasteiger partial charge is 0.322 e. The van der Waals surface area contributed by atoms with Gasteiger partial charge in [0.2, 0.25) is 15.9 Å². The summed E-state index contributed by atoms with van der Waals surface area (Å²) in [6, 6.07) is 4.67. The van der Waals surface area contributed by atoms with Crippen molar-refractivity contribution in [2.45, 2.75) is 37.1 Å². The fourth-order valence-electron chi connectivity index (χ4n) is 1.96. The van der Waals surface area contributed by atoms with Gasteiger partial charge in [-0.05, 0) is 31.9 Å². The van der Waals surface area contributed by atoms with Gasteiger partial charge in [-0.3, -0.25) is 14.4 Å². The molecule has 0 bridgehead atoms. The highest BCUT2D eigenvalue weighted by atomic mass is 32.2. The molecule has 0 saturated carbocycles. The summed E-state index contributed by atoms with van der Waals surface area (Å²) in [6.45, 7) is 1.12. The van der Waals surface area contributed by atoms with Crippen molar-refractivity contribution in [3.63, 3.8) is 0 Å². The predicted molar refractivity (Wildman–Crippen MR) is 87.4 cm³/mol. The first-order valence-electron chi connectivity index (χ1n) is 7.42. The molecule has 4 N–H and O–H groups in total. The fraction of sp³-hybridized carbons (Fsp3) is 0.400. The van der Waals surface area contributed by atoms with E-state index in [1.807, 2.05) is 0 Å². The van der Waals surface area contributed by atoms with E-state index < -0.39 is 40.5 Å². The number of aryl methyl sites for hydroxylation is 1. The van der Waals surface area contributed by atoms with Crippen molar-refractivity contribution in [2.75, 3.05) is 6.54 Å². The van der Waals surface area contributed by atoms with Crippen LogP contribution in [0.4, 0.5) is 0 Å². The van der Waals surface area contributed by atoms with E-state index >= 15 is 0 Å². The number of sulfonamides is 1. The Morgan fingerprint density at radius 1 is 1.08 bits per heavy atom. The van der Waals surface area contributed by atoms with Crippen LogP contribution < -0.4 is 10.0 Å². The number of hydrogen-bond acceptors (Lipinski definition) is 5. The molecule has 0 radical (unpaired) electrons. The molecule has 0 aromatic heterocycles. The predicted octanol–water partition coefficient (Wildman–Crippen LogP) is 0.0976. The summed E-state index contributed by atoms with van der Waals surface area (Å²) in [5.74, 6) is -3.19. The maximum absolute atomic E-state index is 12.4. The van der Waals surface area contributed by atoms with Crippen LogP contribution >= 0.6 is 0 Å². The number of carboxylic acid groups (broad SMARTS) is 2. The fourth-order valence-corrected chi connectivity index (χ4v) is 3.19. The van der Waals surface area contributed by atoms with Gasteiger partial charge in [0.05, 0.1) is 4.90 Å². The highest BCUT2D eigenvalue weighted by molar-refractivity contribution is 7.89. The molecule has 9 nitrogen and oxygen atoms in total. The molecule has 138 valence electrons. The lowest BCUT2D eigenvalue weighted by Gasteiger charge is -2.18. The third kappa shape index (κ3) is 7.31. The van der Waals surface area contributed by atoms with Crippen molar-refractivity contribution in [3.8, 4) is 0 Å². The van der Waals surface area contributed by atoms with E-state index in [1.165, 1.54) is 12.1 Å². The first kappa shape index (κ1) is 20.6. The van der Waals surface area contributed by atoms with Crippen molar-refractivity contribution >= 4 is 27.9 Å². The quantitative estimate of drug-likeness (QED) is 0.455. The summed E-state index contributed by atoms with van der Waals surface area (Å²) in [5, 5.41) is 19.3. The van der Waals surface area contributed by atoms with Crippen LogP contribution in [0, 0.1) is 6.92 Å². The van der Waals surface area contributed by atoms with Crippen LogP contribution in [0.5, 0.6) is 0 Å². The van der Waals surface area contributed by atoms with Crippen molar-refractivity contribution in [1.82, 2.24) is 10.0 Å². The van der Waals surface area contributed by atoms with E-state index in [0.29, 0.717) is 0 Å². The number of nitrogens with one attached hydrogen (secondary N) is 2. The van der Waals surface area contributed by atoms with Gasteiger partial charge in [0.25, 0.3) is 0 Å². The Balaban J connectivity index is 2.89. The van der Waals surface area contributed by atoms with Crippen molar-refractivity contribution < 1.29 is 33.0 Å². The molecular formula is C15H20N2O7S. The minimum Gasteiger partial charge on any atom is -0.481 e. The van der Waals surface area contributed by atoms with Crippen LogP contribution in [0.3, 0.4) is 0 Å². The summed E-state index contributed by atoms with van der Waals surface area (Å²) >= 11 is 0. The van der Waals surface area contributed by atoms with E-state index in [4.69, 9.17) is 10.2 Å². The summed E-state index contributed by atoms with van der Waals surface area (Å²) in [5.41, 5.74) is 0.858. The first-order chi connectivity index (χ1) is 11.6. The van der Waals surface area contributed by atoms with E-state index in [-0.39, 0.29) is 24.2 Å². The average molecular weight is 372 g/mol. The van der Waals surface area contributed by atoms with Gasteiger partial charge >= 0.3 is 11.9 Å². The summed E-state index contributed by atoms with van der Waals surface area (Å²) in [7, 11) is -4.02. The maximum atomic E-state index is 12.4. The molecule has 1 aromatic carbocycles. The summed E-state index contributed by atoms with van der Waals surface area (Å²) in [6.07, 6.45) is -0.269. The average Bonchev–Trinajstić information content (AvgIpc) is 2.51. The molecule has 0 saturated heterocycles. The molecule has 1 rings (SSSR count). The van der Waals surface area contributed by atoms with Gasteiger partial charge in [0.15, 0.2) is 0 Å². The Morgan fingerprint density at radius 2 is 1.68 bits per heavy atom. The van der Waals surface area contributed by atoms with Crippen LogP contribution in [0.25, 0.3) is 0 Å². The van der Waals surface area contributed by atoms with Crippen molar-refractivity contribution in [1.29, 1.82) is 0 Å². The first-order valence-corrected chi connectivity index (χ1v) is 8.90. The molecule has 1 amide bonds. The normalized spacial score (nSPS) is 12.4. The molecule has 10 heteroatoms. The van der Waals surface area contributed by atoms with Crippen molar-refractivity contribution in [2.24, 2.45) is 0 Å².